The maximum atomic E-state index is 12.8. The van der Waals surface area contributed by atoms with Crippen molar-refractivity contribution in [1.82, 2.24) is 14.3 Å². The number of halogens is 3. The van der Waals surface area contributed by atoms with E-state index in [1.165, 1.54) is 16.8 Å². The molecule has 0 radical (unpaired) electrons. The highest BCUT2D eigenvalue weighted by Crippen LogP contribution is 2.29. The molecule has 0 spiro atoms. The molecule has 7 heteroatoms. The predicted octanol–water partition coefficient (Wildman–Crippen LogP) is 4.44. The Bertz CT molecular complexity index is 941. The Labute approximate surface area is 154 Å². The molecule has 1 heterocycles. The number of alkyl halides is 3. The fourth-order valence-electron chi connectivity index (χ4n) is 2.85. The average molecular weight is 375 g/mol. The zero-order chi connectivity index (χ0) is 19.4. The van der Waals surface area contributed by atoms with Crippen LogP contribution in [0.4, 0.5) is 13.2 Å². The van der Waals surface area contributed by atoms with Crippen LogP contribution in [0.15, 0.2) is 59.4 Å². The molecule has 0 atom stereocenters. The van der Waals surface area contributed by atoms with Gasteiger partial charge in [0, 0.05) is 13.0 Å². The number of rotatable bonds is 6. The minimum Gasteiger partial charge on any atom is -0.278 e. The van der Waals surface area contributed by atoms with Gasteiger partial charge in [-0.1, -0.05) is 43.7 Å². The lowest BCUT2D eigenvalue weighted by molar-refractivity contribution is -0.137. The first-order valence-electron chi connectivity index (χ1n) is 8.80. The number of hydrogen-bond donors (Lipinski definition) is 0. The molecule has 0 unspecified atom stereocenters. The van der Waals surface area contributed by atoms with Gasteiger partial charge in [-0.3, -0.25) is 4.57 Å². The van der Waals surface area contributed by atoms with E-state index in [1.54, 1.807) is 4.57 Å². The molecule has 0 bridgehead atoms. The van der Waals surface area contributed by atoms with Crippen LogP contribution < -0.4 is 5.69 Å². The zero-order valence-electron chi connectivity index (χ0n) is 14.9. The summed E-state index contributed by atoms with van der Waals surface area (Å²) >= 11 is 0. The quantitative estimate of drug-likeness (QED) is 0.639. The lowest BCUT2D eigenvalue weighted by atomic mass is 10.1. The highest BCUT2D eigenvalue weighted by molar-refractivity contribution is 5.35. The van der Waals surface area contributed by atoms with Crippen LogP contribution in [0.1, 0.15) is 36.7 Å². The Morgan fingerprint density at radius 3 is 2.26 bits per heavy atom. The molecule has 27 heavy (non-hydrogen) atoms. The van der Waals surface area contributed by atoms with Gasteiger partial charge < -0.3 is 0 Å². The van der Waals surface area contributed by atoms with Crippen LogP contribution in [-0.4, -0.2) is 14.3 Å². The molecule has 0 aliphatic heterocycles. The maximum absolute atomic E-state index is 12.8. The Hall–Kier alpha value is -2.83. The number of unbranched alkanes of at least 4 members (excludes halogenated alkanes) is 1. The summed E-state index contributed by atoms with van der Waals surface area (Å²) in [7, 11) is 0. The van der Waals surface area contributed by atoms with Gasteiger partial charge in [0.05, 0.1) is 11.3 Å². The van der Waals surface area contributed by atoms with Gasteiger partial charge in [-0.25, -0.2) is 4.79 Å². The lowest BCUT2D eigenvalue weighted by Gasteiger charge is -2.07. The van der Waals surface area contributed by atoms with Gasteiger partial charge >= 0.3 is 11.9 Å². The van der Waals surface area contributed by atoms with Gasteiger partial charge in [0.15, 0.2) is 0 Å². The molecular formula is C20H20F3N3O. The number of benzene rings is 2. The van der Waals surface area contributed by atoms with Gasteiger partial charge in [0.1, 0.15) is 5.82 Å². The molecule has 0 amide bonds. The van der Waals surface area contributed by atoms with Crippen molar-refractivity contribution < 1.29 is 13.2 Å². The first kappa shape index (κ1) is 18.9. The molecule has 1 aromatic heterocycles. The first-order valence-corrected chi connectivity index (χ1v) is 8.80. The summed E-state index contributed by atoms with van der Waals surface area (Å²) in [5.74, 6) is 0.597. The molecule has 3 aromatic rings. The van der Waals surface area contributed by atoms with Crippen LogP contribution >= 0.6 is 0 Å². The third-order valence-corrected chi connectivity index (χ3v) is 4.32. The van der Waals surface area contributed by atoms with Crippen molar-refractivity contribution in [3.63, 3.8) is 0 Å². The summed E-state index contributed by atoms with van der Waals surface area (Å²) in [6.45, 7) is 2.56. The van der Waals surface area contributed by atoms with E-state index >= 15 is 0 Å². The summed E-state index contributed by atoms with van der Waals surface area (Å²) in [5, 5.41) is 4.41. The number of aromatic nitrogens is 3. The minimum atomic E-state index is -4.41. The minimum absolute atomic E-state index is 0.317. The third-order valence-electron chi connectivity index (χ3n) is 4.32. The van der Waals surface area contributed by atoms with Crippen molar-refractivity contribution in [2.75, 3.05) is 0 Å². The smallest absolute Gasteiger partial charge is 0.278 e. The Kier molecular flexibility index (Phi) is 5.48. The van der Waals surface area contributed by atoms with Gasteiger partial charge in [-0.15, -0.1) is 5.10 Å². The molecular weight excluding hydrogens is 355 g/mol. The van der Waals surface area contributed by atoms with Crippen LogP contribution in [0, 0.1) is 0 Å². The standard InChI is InChI=1S/C20H20F3N3O/c1-2-3-13-25-18(14-15-7-5-4-6-8-15)24-26(19(25)27)17-11-9-16(10-12-17)20(21,22)23/h4-12H,2-3,13-14H2,1H3. The summed E-state index contributed by atoms with van der Waals surface area (Å²) in [6, 6.07) is 14.1. The topological polar surface area (TPSA) is 39.8 Å². The van der Waals surface area contributed by atoms with E-state index in [2.05, 4.69) is 5.10 Å². The molecule has 0 saturated carbocycles. The van der Waals surface area contributed by atoms with Gasteiger partial charge in [-0.05, 0) is 36.2 Å². The van der Waals surface area contributed by atoms with E-state index in [4.69, 9.17) is 0 Å². The van der Waals surface area contributed by atoms with Crippen molar-refractivity contribution in [2.24, 2.45) is 0 Å². The van der Waals surface area contributed by atoms with Gasteiger partial charge in [-0.2, -0.15) is 17.9 Å². The molecule has 0 aliphatic rings. The summed E-state index contributed by atoms with van der Waals surface area (Å²) in [4.78, 5) is 12.8. The average Bonchev–Trinajstić information content (AvgIpc) is 2.95. The van der Waals surface area contributed by atoms with E-state index in [9.17, 15) is 18.0 Å². The fourth-order valence-corrected chi connectivity index (χ4v) is 2.85. The monoisotopic (exact) mass is 375 g/mol. The van der Waals surface area contributed by atoms with E-state index < -0.39 is 11.7 Å². The SMILES string of the molecule is CCCCn1c(Cc2ccccc2)nn(-c2ccc(C(F)(F)F)cc2)c1=O. The third kappa shape index (κ3) is 4.30. The molecule has 142 valence electrons. The van der Waals surface area contributed by atoms with Crippen molar-refractivity contribution in [1.29, 1.82) is 0 Å². The van der Waals surface area contributed by atoms with Crippen molar-refractivity contribution in [2.45, 2.75) is 38.9 Å². The number of nitrogens with zero attached hydrogens (tertiary/aromatic N) is 3. The molecule has 0 aliphatic carbocycles. The van der Waals surface area contributed by atoms with Crippen LogP contribution in [0.5, 0.6) is 0 Å². The van der Waals surface area contributed by atoms with E-state index in [-0.39, 0.29) is 5.69 Å². The van der Waals surface area contributed by atoms with Crippen LogP contribution in [-0.2, 0) is 19.1 Å². The second kappa shape index (κ2) is 7.82. The first-order chi connectivity index (χ1) is 12.9. The van der Waals surface area contributed by atoms with Crippen molar-refractivity contribution in [3.8, 4) is 5.69 Å². The van der Waals surface area contributed by atoms with E-state index in [0.717, 1.165) is 30.5 Å². The molecule has 0 fully saturated rings. The molecule has 4 nitrogen and oxygen atoms in total. The highest BCUT2D eigenvalue weighted by atomic mass is 19.4. The van der Waals surface area contributed by atoms with Gasteiger partial charge in [0.2, 0.25) is 0 Å². The summed E-state index contributed by atoms with van der Waals surface area (Å²) < 4.78 is 41.1. The normalized spacial score (nSPS) is 11.7. The van der Waals surface area contributed by atoms with Crippen LogP contribution in [0.3, 0.4) is 0 Å². The van der Waals surface area contributed by atoms with Gasteiger partial charge in [0.25, 0.3) is 0 Å². The molecule has 0 N–H and O–H groups in total. The summed E-state index contributed by atoms with van der Waals surface area (Å²) in [5.41, 5.74) is 0.237. The summed E-state index contributed by atoms with van der Waals surface area (Å²) in [6.07, 6.45) is -2.20. The Morgan fingerprint density at radius 1 is 1.00 bits per heavy atom. The Morgan fingerprint density at radius 2 is 1.67 bits per heavy atom. The fraction of sp³-hybridized carbons (Fsp3) is 0.300. The van der Waals surface area contributed by atoms with E-state index in [0.29, 0.717) is 24.5 Å². The maximum Gasteiger partial charge on any atom is 0.416 e. The second-order valence-electron chi connectivity index (χ2n) is 6.32. The van der Waals surface area contributed by atoms with E-state index in [1.807, 2.05) is 37.3 Å². The van der Waals surface area contributed by atoms with Crippen LogP contribution in [0.2, 0.25) is 0 Å². The zero-order valence-corrected chi connectivity index (χ0v) is 14.9. The van der Waals surface area contributed by atoms with Crippen LogP contribution in [0.25, 0.3) is 5.69 Å². The van der Waals surface area contributed by atoms with Crippen molar-refractivity contribution >= 4 is 0 Å². The van der Waals surface area contributed by atoms with Crippen molar-refractivity contribution in [3.05, 3.63) is 82.0 Å². The second-order valence-corrected chi connectivity index (χ2v) is 6.32. The number of hydrogen-bond acceptors (Lipinski definition) is 2. The predicted molar refractivity (Wildman–Crippen MR) is 97.0 cm³/mol. The Balaban J connectivity index is 1.99. The molecule has 2 aromatic carbocycles. The highest BCUT2D eigenvalue weighted by Gasteiger charge is 2.30. The molecule has 0 saturated heterocycles. The largest absolute Gasteiger partial charge is 0.416 e. The lowest BCUT2D eigenvalue weighted by Crippen LogP contribution is -2.24. The molecule has 3 rings (SSSR count).